The van der Waals surface area contributed by atoms with Crippen molar-refractivity contribution in [1.29, 1.82) is 0 Å². The van der Waals surface area contributed by atoms with Crippen LogP contribution in [0.4, 0.5) is 18.9 Å². The topological polar surface area (TPSA) is 79.6 Å². The van der Waals surface area contributed by atoms with Crippen molar-refractivity contribution in [3.8, 4) is 0 Å². The van der Waals surface area contributed by atoms with Crippen LogP contribution in [0.15, 0.2) is 48.5 Å². The molecule has 0 spiro atoms. The van der Waals surface area contributed by atoms with Crippen LogP contribution in [0.3, 0.4) is 0 Å². The molecule has 1 N–H and O–H groups in total. The third-order valence-electron chi connectivity index (χ3n) is 6.12. The number of halogens is 3. The SMILES string of the molecule is CCN(Cc1cccc(NC(=O)CCc2c(C)nc3c4ccccc4nn3c2C)c1)C(=O)C(F)(F)F. The first-order chi connectivity index (χ1) is 17.1. The maximum absolute atomic E-state index is 12.8. The summed E-state index contributed by atoms with van der Waals surface area (Å²) in [6, 6.07) is 14.2. The largest absolute Gasteiger partial charge is 0.471 e. The second kappa shape index (κ2) is 9.96. The van der Waals surface area contributed by atoms with E-state index in [4.69, 9.17) is 4.98 Å². The summed E-state index contributed by atoms with van der Waals surface area (Å²) in [6.07, 6.45) is -4.29. The molecule has 4 rings (SSSR count). The molecule has 0 radical (unpaired) electrons. The van der Waals surface area contributed by atoms with Crippen LogP contribution in [0.25, 0.3) is 16.6 Å². The Kier molecular flexibility index (Phi) is 6.96. The number of nitrogens with zero attached hydrogens (tertiary/aromatic N) is 4. The second-order valence-corrected chi connectivity index (χ2v) is 8.58. The molecule has 2 amide bonds. The number of rotatable bonds is 7. The molecule has 2 aromatic carbocycles. The molecule has 10 heteroatoms. The second-order valence-electron chi connectivity index (χ2n) is 8.58. The van der Waals surface area contributed by atoms with Gasteiger partial charge in [-0.2, -0.15) is 18.3 Å². The molecular formula is C26H26F3N5O2. The predicted molar refractivity (Wildman–Crippen MR) is 131 cm³/mol. The van der Waals surface area contributed by atoms with Crippen LogP contribution in [0, 0.1) is 13.8 Å². The van der Waals surface area contributed by atoms with Gasteiger partial charge in [-0.15, -0.1) is 0 Å². The maximum Gasteiger partial charge on any atom is 0.471 e. The Hall–Kier alpha value is -3.95. The molecule has 0 aliphatic carbocycles. The number of aromatic nitrogens is 3. The van der Waals surface area contributed by atoms with E-state index < -0.39 is 12.1 Å². The van der Waals surface area contributed by atoms with Crippen molar-refractivity contribution in [2.45, 2.75) is 46.3 Å². The molecule has 2 heterocycles. The summed E-state index contributed by atoms with van der Waals surface area (Å²) >= 11 is 0. The summed E-state index contributed by atoms with van der Waals surface area (Å²) in [5.41, 5.74) is 5.24. The van der Waals surface area contributed by atoms with Gasteiger partial charge in [0.1, 0.15) is 0 Å². The number of carbonyl (C=O) groups is 2. The number of alkyl halides is 3. The van der Waals surface area contributed by atoms with Gasteiger partial charge in [-0.05, 0) is 62.6 Å². The minimum atomic E-state index is -4.93. The molecule has 0 saturated carbocycles. The molecule has 2 aromatic heterocycles. The number of carbonyl (C=O) groups excluding carboxylic acids is 2. The van der Waals surface area contributed by atoms with E-state index >= 15 is 0 Å². The normalized spacial score (nSPS) is 11.7. The molecule has 7 nitrogen and oxygen atoms in total. The van der Waals surface area contributed by atoms with Gasteiger partial charge < -0.3 is 10.2 Å². The summed E-state index contributed by atoms with van der Waals surface area (Å²) in [5.74, 6) is -2.13. The maximum atomic E-state index is 12.8. The minimum Gasteiger partial charge on any atom is -0.331 e. The molecule has 0 aliphatic heterocycles. The summed E-state index contributed by atoms with van der Waals surface area (Å²) in [6.45, 7) is 5.05. The summed E-state index contributed by atoms with van der Waals surface area (Å²) in [4.78, 5) is 29.7. The standard InChI is InChI=1S/C26H26F3N5O2/c1-4-33(25(36)26(27,28)29)15-18-8-7-9-19(14-18)31-23(35)13-12-20-16(2)30-24-21-10-5-6-11-22(21)32-34(24)17(20)3/h5-11,14H,4,12-13,15H2,1-3H3,(H,31,35). The van der Waals surface area contributed by atoms with Crippen molar-refractivity contribution in [1.82, 2.24) is 19.5 Å². The quantitative estimate of drug-likeness (QED) is 0.391. The Morgan fingerprint density at radius 2 is 1.83 bits per heavy atom. The Morgan fingerprint density at radius 1 is 1.08 bits per heavy atom. The molecule has 0 saturated heterocycles. The lowest BCUT2D eigenvalue weighted by Crippen LogP contribution is -2.40. The molecule has 0 aliphatic rings. The Morgan fingerprint density at radius 3 is 2.56 bits per heavy atom. The van der Waals surface area contributed by atoms with Crippen LogP contribution in [0.2, 0.25) is 0 Å². The fraction of sp³-hybridized carbons (Fsp3) is 0.308. The highest BCUT2D eigenvalue weighted by Crippen LogP contribution is 2.24. The molecule has 0 unspecified atom stereocenters. The first-order valence-corrected chi connectivity index (χ1v) is 11.6. The smallest absolute Gasteiger partial charge is 0.331 e. The van der Waals surface area contributed by atoms with Gasteiger partial charge in [0.25, 0.3) is 0 Å². The molecule has 0 atom stereocenters. The molecule has 188 valence electrons. The number of fused-ring (bicyclic) bond motifs is 3. The highest BCUT2D eigenvalue weighted by Gasteiger charge is 2.41. The van der Waals surface area contributed by atoms with Crippen LogP contribution < -0.4 is 5.32 Å². The monoisotopic (exact) mass is 497 g/mol. The molecular weight excluding hydrogens is 471 g/mol. The van der Waals surface area contributed by atoms with Gasteiger partial charge in [-0.25, -0.2) is 9.50 Å². The molecule has 36 heavy (non-hydrogen) atoms. The van der Waals surface area contributed by atoms with Crippen LogP contribution in [0.1, 0.15) is 35.9 Å². The Bertz CT molecular complexity index is 1450. The number of amides is 2. The fourth-order valence-electron chi connectivity index (χ4n) is 4.27. The number of anilines is 1. The first kappa shape index (κ1) is 25.2. The zero-order valence-corrected chi connectivity index (χ0v) is 20.2. The minimum absolute atomic E-state index is 0.0855. The number of hydrogen-bond acceptors (Lipinski definition) is 4. The van der Waals surface area contributed by atoms with E-state index in [1.165, 1.54) is 6.92 Å². The summed E-state index contributed by atoms with van der Waals surface area (Å²) < 4.78 is 40.2. The van der Waals surface area contributed by atoms with Gasteiger partial charge in [0.2, 0.25) is 5.91 Å². The number of benzene rings is 2. The van der Waals surface area contributed by atoms with E-state index in [0.717, 1.165) is 33.5 Å². The van der Waals surface area contributed by atoms with E-state index in [9.17, 15) is 22.8 Å². The summed E-state index contributed by atoms with van der Waals surface area (Å²) in [7, 11) is 0. The zero-order valence-electron chi connectivity index (χ0n) is 20.2. The van der Waals surface area contributed by atoms with Crippen LogP contribution >= 0.6 is 0 Å². The molecule has 0 bridgehead atoms. The first-order valence-electron chi connectivity index (χ1n) is 11.6. The molecule has 4 aromatic rings. The van der Waals surface area contributed by atoms with Crippen molar-refractivity contribution in [2.24, 2.45) is 0 Å². The highest BCUT2D eigenvalue weighted by atomic mass is 19.4. The Labute approximate surface area is 205 Å². The van der Waals surface area contributed by atoms with E-state index in [-0.39, 0.29) is 25.4 Å². The highest BCUT2D eigenvalue weighted by molar-refractivity contribution is 5.92. The lowest BCUT2D eigenvalue weighted by Gasteiger charge is -2.22. The number of aryl methyl sites for hydroxylation is 2. The van der Waals surface area contributed by atoms with E-state index in [2.05, 4.69) is 10.4 Å². The van der Waals surface area contributed by atoms with E-state index in [1.54, 1.807) is 28.8 Å². The van der Waals surface area contributed by atoms with Gasteiger partial charge in [0, 0.05) is 42.0 Å². The number of nitrogens with one attached hydrogen (secondary N) is 1. The zero-order chi connectivity index (χ0) is 26.0. The lowest BCUT2D eigenvalue weighted by atomic mass is 10.1. The fourth-order valence-corrected chi connectivity index (χ4v) is 4.27. The molecule has 0 fully saturated rings. The van der Waals surface area contributed by atoms with Gasteiger partial charge in [0.15, 0.2) is 5.65 Å². The number of hydrogen-bond donors (Lipinski definition) is 1. The van der Waals surface area contributed by atoms with Crippen molar-refractivity contribution in [3.05, 3.63) is 71.0 Å². The van der Waals surface area contributed by atoms with E-state index in [0.29, 0.717) is 22.6 Å². The van der Waals surface area contributed by atoms with Gasteiger partial charge in [-0.3, -0.25) is 9.59 Å². The van der Waals surface area contributed by atoms with Crippen LogP contribution in [-0.2, 0) is 22.6 Å². The average molecular weight is 498 g/mol. The third-order valence-corrected chi connectivity index (χ3v) is 6.12. The van der Waals surface area contributed by atoms with Crippen molar-refractivity contribution >= 4 is 34.1 Å². The summed E-state index contributed by atoms with van der Waals surface area (Å²) in [5, 5.41) is 8.39. The van der Waals surface area contributed by atoms with E-state index in [1.807, 2.05) is 38.1 Å². The predicted octanol–water partition coefficient (Wildman–Crippen LogP) is 4.98. The van der Waals surface area contributed by atoms with Crippen LogP contribution in [-0.4, -0.2) is 44.0 Å². The van der Waals surface area contributed by atoms with Crippen molar-refractivity contribution in [2.75, 3.05) is 11.9 Å². The average Bonchev–Trinajstić information content (AvgIpc) is 3.20. The third kappa shape index (κ3) is 5.17. The van der Waals surface area contributed by atoms with Gasteiger partial charge >= 0.3 is 12.1 Å². The van der Waals surface area contributed by atoms with Gasteiger partial charge in [0.05, 0.1) is 5.52 Å². The van der Waals surface area contributed by atoms with Gasteiger partial charge in [-0.1, -0.05) is 24.3 Å². The van der Waals surface area contributed by atoms with Crippen molar-refractivity contribution in [3.63, 3.8) is 0 Å². The Balaban J connectivity index is 1.44. The lowest BCUT2D eigenvalue weighted by molar-refractivity contribution is -0.185. The van der Waals surface area contributed by atoms with Crippen LogP contribution in [0.5, 0.6) is 0 Å². The van der Waals surface area contributed by atoms with Crippen molar-refractivity contribution < 1.29 is 22.8 Å².